The van der Waals surface area contributed by atoms with Crippen molar-refractivity contribution in [1.29, 1.82) is 0 Å². The predicted octanol–water partition coefficient (Wildman–Crippen LogP) is 4.76. The Bertz CT molecular complexity index is 963. The molecule has 0 unspecified atom stereocenters. The van der Waals surface area contributed by atoms with Crippen molar-refractivity contribution in [2.75, 3.05) is 28.6 Å². The lowest BCUT2D eigenvalue weighted by Gasteiger charge is -2.17. The van der Waals surface area contributed by atoms with Gasteiger partial charge in [0.2, 0.25) is 5.91 Å². The summed E-state index contributed by atoms with van der Waals surface area (Å²) >= 11 is 1.71. The van der Waals surface area contributed by atoms with Crippen molar-refractivity contribution < 1.29 is 4.79 Å². The van der Waals surface area contributed by atoms with Crippen LogP contribution in [0.5, 0.6) is 0 Å². The Morgan fingerprint density at radius 3 is 2.62 bits per heavy atom. The van der Waals surface area contributed by atoms with E-state index in [0.29, 0.717) is 6.42 Å². The molecule has 0 atom stereocenters. The fraction of sp³-hybridized carbons (Fsp3) is 0.318. The van der Waals surface area contributed by atoms with Crippen LogP contribution in [0.25, 0.3) is 0 Å². The molecule has 1 aliphatic heterocycles. The molecule has 0 aliphatic carbocycles. The van der Waals surface area contributed by atoms with E-state index < -0.39 is 0 Å². The number of carbonyl (C=O) groups is 1. The van der Waals surface area contributed by atoms with Crippen LogP contribution >= 0.6 is 11.3 Å². The molecule has 0 radical (unpaired) electrons. The van der Waals surface area contributed by atoms with Gasteiger partial charge < -0.3 is 15.5 Å². The highest BCUT2D eigenvalue weighted by atomic mass is 32.1. The van der Waals surface area contributed by atoms with E-state index in [1.807, 2.05) is 36.5 Å². The second kappa shape index (κ2) is 9.05. The number of nitrogens with one attached hydrogen (secondary N) is 2. The molecule has 3 aromatic rings. The molecule has 0 spiro atoms. The summed E-state index contributed by atoms with van der Waals surface area (Å²) in [6, 6.07) is 11.8. The van der Waals surface area contributed by atoms with Gasteiger partial charge in [-0.2, -0.15) is 5.10 Å². The summed E-state index contributed by atoms with van der Waals surface area (Å²) in [5.74, 6) is 0.750. The van der Waals surface area contributed by atoms with E-state index in [1.165, 1.54) is 23.3 Å². The lowest BCUT2D eigenvalue weighted by atomic mass is 10.2. The average molecular weight is 408 g/mol. The third-order valence-electron chi connectivity index (χ3n) is 5.10. The zero-order valence-corrected chi connectivity index (χ0v) is 17.3. The summed E-state index contributed by atoms with van der Waals surface area (Å²) in [7, 11) is 0. The smallest absolute Gasteiger partial charge is 0.224 e. The van der Waals surface area contributed by atoms with E-state index in [4.69, 9.17) is 0 Å². The highest BCUT2D eigenvalue weighted by Crippen LogP contribution is 2.24. The molecule has 0 saturated carbocycles. The van der Waals surface area contributed by atoms with Crippen LogP contribution in [0.4, 0.5) is 22.9 Å². The van der Waals surface area contributed by atoms with Gasteiger partial charge in [0, 0.05) is 41.8 Å². The molecular formula is C22H25N5OS. The summed E-state index contributed by atoms with van der Waals surface area (Å²) < 4.78 is 0. The Labute approximate surface area is 175 Å². The molecule has 150 valence electrons. The molecule has 0 bridgehead atoms. The zero-order valence-electron chi connectivity index (χ0n) is 16.5. The molecule has 7 heteroatoms. The van der Waals surface area contributed by atoms with Crippen molar-refractivity contribution in [3.05, 3.63) is 58.4 Å². The Kier molecular flexibility index (Phi) is 6.05. The number of thiophene rings is 1. The maximum Gasteiger partial charge on any atom is 0.224 e. The standard InChI is InChI=1S/C22H25N5OS/c1-16-10-13-29-20(16)8-9-22(28)25-18-6-4-17(5-7-18)24-21-14-19(15-23-26-21)27-11-2-3-12-27/h4-7,10,13-15H,2-3,8-9,11-12H2,1H3,(H,24,26)(H,25,28). The van der Waals surface area contributed by atoms with Crippen molar-refractivity contribution in [3.63, 3.8) is 0 Å². The second-order valence-electron chi connectivity index (χ2n) is 7.27. The van der Waals surface area contributed by atoms with Crippen molar-refractivity contribution in [3.8, 4) is 0 Å². The van der Waals surface area contributed by atoms with Crippen molar-refractivity contribution in [2.24, 2.45) is 0 Å². The van der Waals surface area contributed by atoms with Crippen molar-refractivity contribution >= 4 is 40.1 Å². The lowest BCUT2D eigenvalue weighted by Crippen LogP contribution is -2.18. The number of carbonyl (C=O) groups excluding carboxylic acids is 1. The van der Waals surface area contributed by atoms with Gasteiger partial charge >= 0.3 is 0 Å². The number of nitrogens with zero attached hydrogens (tertiary/aromatic N) is 3. The third kappa shape index (κ3) is 5.12. The van der Waals surface area contributed by atoms with Gasteiger partial charge in [0.25, 0.3) is 0 Å². The van der Waals surface area contributed by atoms with Crippen LogP contribution in [0.3, 0.4) is 0 Å². The van der Waals surface area contributed by atoms with Crippen LogP contribution in [-0.4, -0.2) is 29.2 Å². The first kappa shape index (κ1) is 19.4. The summed E-state index contributed by atoms with van der Waals surface area (Å²) in [5, 5.41) is 16.6. The van der Waals surface area contributed by atoms with Gasteiger partial charge in [-0.1, -0.05) is 0 Å². The van der Waals surface area contributed by atoms with Crippen molar-refractivity contribution in [2.45, 2.75) is 32.6 Å². The van der Waals surface area contributed by atoms with E-state index in [0.717, 1.165) is 42.4 Å². The fourth-order valence-electron chi connectivity index (χ4n) is 3.46. The molecule has 2 aromatic heterocycles. The van der Waals surface area contributed by atoms with Crippen LogP contribution in [0.1, 0.15) is 29.7 Å². The second-order valence-corrected chi connectivity index (χ2v) is 8.27. The summed E-state index contributed by atoms with van der Waals surface area (Å²) in [4.78, 5) is 15.8. The molecule has 6 nitrogen and oxygen atoms in total. The van der Waals surface area contributed by atoms with Crippen molar-refractivity contribution in [1.82, 2.24) is 10.2 Å². The predicted molar refractivity (Wildman–Crippen MR) is 119 cm³/mol. The number of hydrogen-bond acceptors (Lipinski definition) is 6. The first-order chi connectivity index (χ1) is 14.2. The van der Waals surface area contributed by atoms with E-state index in [2.05, 4.69) is 44.1 Å². The fourth-order valence-corrected chi connectivity index (χ4v) is 4.37. The average Bonchev–Trinajstić information content (AvgIpc) is 3.40. The van der Waals surface area contributed by atoms with E-state index in [1.54, 1.807) is 11.3 Å². The molecule has 29 heavy (non-hydrogen) atoms. The van der Waals surface area contributed by atoms with Crippen LogP contribution < -0.4 is 15.5 Å². The number of amides is 1. The first-order valence-electron chi connectivity index (χ1n) is 9.95. The van der Waals surface area contributed by atoms with E-state index in [-0.39, 0.29) is 5.91 Å². The quantitative estimate of drug-likeness (QED) is 0.591. The number of benzene rings is 1. The minimum atomic E-state index is 0.0303. The zero-order chi connectivity index (χ0) is 20.1. The molecule has 4 rings (SSSR count). The Morgan fingerprint density at radius 1 is 1.14 bits per heavy atom. The van der Waals surface area contributed by atoms with Crippen LogP contribution in [0.2, 0.25) is 0 Å². The Morgan fingerprint density at radius 2 is 1.90 bits per heavy atom. The van der Waals surface area contributed by atoms with Gasteiger partial charge in [-0.15, -0.1) is 16.4 Å². The molecule has 1 amide bonds. The SMILES string of the molecule is Cc1ccsc1CCC(=O)Nc1ccc(Nc2cc(N3CCCC3)cnn2)cc1. The van der Waals surface area contributed by atoms with E-state index in [9.17, 15) is 4.79 Å². The lowest BCUT2D eigenvalue weighted by molar-refractivity contribution is -0.116. The molecule has 2 N–H and O–H groups in total. The maximum atomic E-state index is 12.2. The maximum absolute atomic E-state index is 12.2. The highest BCUT2D eigenvalue weighted by Gasteiger charge is 2.13. The number of aromatic nitrogens is 2. The number of hydrogen-bond donors (Lipinski definition) is 2. The normalized spacial score (nSPS) is 13.5. The molecular weight excluding hydrogens is 382 g/mol. The van der Waals surface area contributed by atoms with Gasteiger partial charge in [-0.3, -0.25) is 4.79 Å². The Hall–Kier alpha value is -2.93. The first-order valence-corrected chi connectivity index (χ1v) is 10.8. The van der Waals surface area contributed by atoms with Gasteiger partial charge in [-0.05, 0) is 67.5 Å². The molecule has 1 aliphatic rings. The minimum Gasteiger partial charge on any atom is -0.370 e. The monoisotopic (exact) mass is 407 g/mol. The summed E-state index contributed by atoms with van der Waals surface area (Å²) in [5.41, 5.74) is 4.06. The number of anilines is 4. The summed E-state index contributed by atoms with van der Waals surface area (Å²) in [6.45, 7) is 4.23. The topological polar surface area (TPSA) is 70.2 Å². The van der Waals surface area contributed by atoms with Gasteiger partial charge in [0.1, 0.15) is 0 Å². The Balaban J connectivity index is 1.31. The van der Waals surface area contributed by atoms with Crippen LogP contribution in [0, 0.1) is 6.92 Å². The largest absolute Gasteiger partial charge is 0.370 e. The summed E-state index contributed by atoms with van der Waals surface area (Å²) in [6.07, 6.45) is 5.53. The number of rotatable bonds is 7. The van der Waals surface area contributed by atoms with Gasteiger partial charge in [0.15, 0.2) is 5.82 Å². The molecule has 1 aromatic carbocycles. The highest BCUT2D eigenvalue weighted by molar-refractivity contribution is 7.10. The minimum absolute atomic E-state index is 0.0303. The van der Waals surface area contributed by atoms with E-state index >= 15 is 0 Å². The van der Waals surface area contributed by atoms with Crippen LogP contribution in [-0.2, 0) is 11.2 Å². The molecule has 1 saturated heterocycles. The number of aryl methyl sites for hydroxylation is 2. The third-order valence-corrected chi connectivity index (χ3v) is 6.18. The van der Waals surface area contributed by atoms with Gasteiger partial charge in [0.05, 0.1) is 11.9 Å². The van der Waals surface area contributed by atoms with Gasteiger partial charge in [-0.25, -0.2) is 0 Å². The molecule has 1 fully saturated rings. The molecule has 3 heterocycles. The van der Waals surface area contributed by atoms with Crippen LogP contribution in [0.15, 0.2) is 48.0 Å².